The number of anilines is 1. The van der Waals surface area contributed by atoms with Gasteiger partial charge in [-0.05, 0) is 36.2 Å². The zero-order chi connectivity index (χ0) is 18.8. The van der Waals surface area contributed by atoms with Gasteiger partial charge in [0.2, 0.25) is 6.79 Å². The summed E-state index contributed by atoms with van der Waals surface area (Å²) in [7, 11) is 0. The van der Waals surface area contributed by atoms with E-state index in [0.29, 0.717) is 22.1 Å². The molecule has 0 saturated carbocycles. The van der Waals surface area contributed by atoms with Crippen molar-refractivity contribution in [3.63, 3.8) is 0 Å². The lowest BCUT2D eigenvalue weighted by Crippen LogP contribution is -2.32. The molecule has 0 aromatic heterocycles. The molecule has 0 atom stereocenters. The van der Waals surface area contributed by atoms with Crippen molar-refractivity contribution in [1.29, 1.82) is 0 Å². The van der Waals surface area contributed by atoms with Crippen molar-refractivity contribution in [3.05, 3.63) is 52.0 Å². The number of rotatable bonds is 4. The first-order valence-corrected chi connectivity index (χ1v) is 10.4. The van der Waals surface area contributed by atoms with Gasteiger partial charge in [0.25, 0.3) is 5.91 Å². The molecule has 7 heteroatoms. The average Bonchev–Trinajstić information content (AvgIpc) is 3.15. The summed E-state index contributed by atoms with van der Waals surface area (Å²) in [6, 6.07) is 9.31. The molecule has 1 amide bonds. The maximum absolute atomic E-state index is 12.7. The van der Waals surface area contributed by atoms with Crippen molar-refractivity contribution in [3.8, 4) is 11.5 Å². The van der Waals surface area contributed by atoms with Crippen molar-refractivity contribution in [2.24, 2.45) is 0 Å². The molecule has 0 aliphatic carbocycles. The van der Waals surface area contributed by atoms with Crippen molar-refractivity contribution >= 4 is 35.0 Å². The van der Waals surface area contributed by atoms with E-state index in [1.54, 1.807) is 12.1 Å². The van der Waals surface area contributed by atoms with Crippen LogP contribution in [0.4, 0.5) is 5.69 Å². The minimum Gasteiger partial charge on any atom is -0.454 e. The number of hydrogen-bond acceptors (Lipinski definition) is 5. The van der Waals surface area contributed by atoms with Crippen LogP contribution in [0.25, 0.3) is 0 Å². The zero-order valence-corrected chi connectivity index (χ0v) is 16.7. The molecule has 0 radical (unpaired) electrons. The minimum atomic E-state index is -0.218. The molecule has 0 bridgehead atoms. The molecule has 2 aromatic carbocycles. The fourth-order valence-electron chi connectivity index (χ4n) is 3.28. The average molecular weight is 405 g/mol. The number of carbonyl (C=O) groups is 1. The predicted octanol–water partition coefficient (Wildman–Crippen LogP) is 4.18. The maximum atomic E-state index is 12.7. The summed E-state index contributed by atoms with van der Waals surface area (Å²) in [6.07, 6.45) is 0. The van der Waals surface area contributed by atoms with Crippen LogP contribution in [-0.2, 0) is 6.54 Å². The number of thioether (sulfide) groups is 1. The summed E-state index contributed by atoms with van der Waals surface area (Å²) in [5.41, 5.74) is 3.60. The van der Waals surface area contributed by atoms with Crippen molar-refractivity contribution in [2.75, 3.05) is 36.7 Å². The highest BCUT2D eigenvalue weighted by molar-refractivity contribution is 7.99. The van der Waals surface area contributed by atoms with Crippen LogP contribution in [0.5, 0.6) is 11.5 Å². The van der Waals surface area contributed by atoms with Crippen LogP contribution in [0.2, 0.25) is 5.02 Å². The van der Waals surface area contributed by atoms with Gasteiger partial charge in [-0.25, -0.2) is 0 Å². The van der Waals surface area contributed by atoms with E-state index in [1.165, 1.54) is 17.1 Å². The summed E-state index contributed by atoms with van der Waals surface area (Å²) in [6.45, 7) is 5.30. The number of hydrogen-bond donors (Lipinski definition) is 1. The predicted molar refractivity (Wildman–Crippen MR) is 109 cm³/mol. The fourth-order valence-corrected chi connectivity index (χ4v) is 4.53. The highest BCUT2D eigenvalue weighted by Crippen LogP contribution is 2.40. The SMILES string of the molecule is Cc1c(CN2CCSCC2)cccc1NC(=O)c1cc(Cl)c2c(c1)OCO2. The molecule has 0 spiro atoms. The van der Waals surface area contributed by atoms with Gasteiger partial charge in [-0.15, -0.1) is 0 Å². The van der Waals surface area contributed by atoms with Crippen LogP contribution in [0.15, 0.2) is 30.3 Å². The molecule has 1 fully saturated rings. The Labute approximate surface area is 168 Å². The number of halogens is 1. The lowest BCUT2D eigenvalue weighted by atomic mass is 10.1. The third-order valence-electron chi connectivity index (χ3n) is 4.88. The number of ether oxygens (including phenoxy) is 2. The standard InChI is InChI=1S/C20H21ClN2O3S/c1-13-14(11-23-5-7-27-8-6-23)3-2-4-17(13)22-20(24)15-9-16(21)19-18(10-15)25-12-26-19/h2-4,9-10H,5-8,11-12H2,1H3,(H,22,24). The Morgan fingerprint density at radius 2 is 2.07 bits per heavy atom. The van der Waals surface area contributed by atoms with Gasteiger partial charge in [0.05, 0.1) is 5.02 Å². The van der Waals surface area contributed by atoms with Crippen LogP contribution in [0.1, 0.15) is 21.5 Å². The summed E-state index contributed by atoms with van der Waals surface area (Å²) in [5.74, 6) is 3.14. The monoisotopic (exact) mass is 404 g/mol. The van der Waals surface area contributed by atoms with Gasteiger partial charge in [0.15, 0.2) is 11.5 Å². The second-order valence-electron chi connectivity index (χ2n) is 6.62. The molecule has 142 valence electrons. The highest BCUT2D eigenvalue weighted by atomic mass is 35.5. The van der Waals surface area contributed by atoms with Gasteiger partial charge >= 0.3 is 0 Å². The Morgan fingerprint density at radius 3 is 2.89 bits per heavy atom. The van der Waals surface area contributed by atoms with Crippen LogP contribution in [0, 0.1) is 6.92 Å². The van der Waals surface area contributed by atoms with Crippen LogP contribution >= 0.6 is 23.4 Å². The lowest BCUT2D eigenvalue weighted by Gasteiger charge is -2.27. The van der Waals surface area contributed by atoms with Crippen LogP contribution < -0.4 is 14.8 Å². The van der Waals surface area contributed by atoms with Gasteiger partial charge in [-0.3, -0.25) is 9.69 Å². The molecular weight excluding hydrogens is 384 g/mol. The second kappa shape index (κ2) is 8.00. The van der Waals surface area contributed by atoms with E-state index in [4.69, 9.17) is 21.1 Å². The molecule has 2 heterocycles. The third-order valence-corrected chi connectivity index (χ3v) is 6.10. The molecule has 5 nitrogen and oxygen atoms in total. The van der Waals surface area contributed by atoms with E-state index in [1.807, 2.05) is 23.9 Å². The summed E-state index contributed by atoms with van der Waals surface area (Å²) in [4.78, 5) is 15.2. The van der Waals surface area contributed by atoms with Gasteiger partial charge in [-0.1, -0.05) is 23.7 Å². The zero-order valence-electron chi connectivity index (χ0n) is 15.1. The number of carbonyl (C=O) groups excluding carboxylic acids is 1. The maximum Gasteiger partial charge on any atom is 0.255 e. The normalized spacial score (nSPS) is 16.4. The fraction of sp³-hybridized carbons (Fsp3) is 0.350. The molecule has 1 saturated heterocycles. The number of benzene rings is 2. The topological polar surface area (TPSA) is 50.8 Å². The molecule has 2 aliphatic heterocycles. The first kappa shape index (κ1) is 18.5. The molecule has 2 aliphatic rings. The summed E-state index contributed by atoms with van der Waals surface area (Å²) in [5, 5.41) is 3.38. The lowest BCUT2D eigenvalue weighted by molar-refractivity contribution is 0.102. The van der Waals surface area contributed by atoms with E-state index in [0.717, 1.165) is 30.9 Å². The quantitative estimate of drug-likeness (QED) is 0.828. The third kappa shape index (κ3) is 4.03. The Bertz CT molecular complexity index is 869. The number of nitrogens with zero attached hydrogens (tertiary/aromatic N) is 1. The van der Waals surface area contributed by atoms with Crippen LogP contribution in [0.3, 0.4) is 0 Å². The largest absolute Gasteiger partial charge is 0.454 e. The van der Waals surface area contributed by atoms with Crippen molar-refractivity contribution in [2.45, 2.75) is 13.5 Å². The number of nitrogens with one attached hydrogen (secondary N) is 1. The second-order valence-corrected chi connectivity index (χ2v) is 8.26. The minimum absolute atomic E-state index is 0.121. The Balaban J connectivity index is 1.51. The van der Waals surface area contributed by atoms with E-state index >= 15 is 0 Å². The number of fused-ring (bicyclic) bond motifs is 1. The Kier molecular flexibility index (Phi) is 5.48. The highest BCUT2D eigenvalue weighted by Gasteiger charge is 2.21. The van der Waals surface area contributed by atoms with Gasteiger partial charge in [0, 0.05) is 42.4 Å². The Hall–Kier alpha value is -1.89. The number of amides is 1. The van der Waals surface area contributed by atoms with E-state index < -0.39 is 0 Å². The first-order valence-electron chi connectivity index (χ1n) is 8.91. The van der Waals surface area contributed by atoms with E-state index in [2.05, 4.69) is 23.2 Å². The smallest absolute Gasteiger partial charge is 0.255 e. The Morgan fingerprint density at radius 1 is 1.26 bits per heavy atom. The van der Waals surface area contributed by atoms with E-state index in [-0.39, 0.29) is 12.7 Å². The molecular formula is C20H21ClN2O3S. The summed E-state index contributed by atoms with van der Waals surface area (Å²) < 4.78 is 10.7. The molecule has 27 heavy (non-hydrogen) atoms. The molecule has 1 N–H and O–H groups in total. The van der Waals surface area contributed by atoms with Crippen molar-refractivity contribution in [1.82, 2.24) is 4.90 Å². The molecule has 4 rings (SSSR count). The van der Waals surface area contributed by atoms with Crippen LogP contribution in [-0.4, -0.2) is 42.2 Å². The molecule has 2 aromatic rings. The van der Waals surface area contributed by atoms with Gasteiger partial charge < -0.3 is 14.8 Å². The van der Waals surface area contributed by atoms with E-state index in [9.17, 15) is 4.79 Å². The van der Waals surface area contributed by atoms with Crippen molar-refractivity contribution < 1.29 is 14.3 Å². The summed E-state index contributed by atoms with van der Waals surface area (Å²) >= 11 is 8.20. The van der Waals surface area contributed by atoms with Gasteiger partial charge in [-0.2, -0.15) is 11.8 Å². The molecule has 0 unspecified atom stereocenters. The first-order chi connectivity index (χ1) is 13.1. The van der Waals surface area contributed by atoms with Gasteiger partial charge in [0.1, 0.15) is 0 Å².